The second-order valence-corrected chi connectivity index (χ2v) is 14.9. The molecule has 2 heterocycles. The van der Waals surface area contributed by atoms with Crippen LogP contribution in [0.3, 0.4) is 0 Å². The molecule has 0 N–H and O–H groups in total. The van der Waals surface area contributed by atoms with E-state index in [2.05, 4.69) is 251 Å². The van der Waals surface area contributed by atoms with E-state index in [1.54, 1.807) is 0 Å². The van der Waals surface area contributed by atoms with Crippen LogP contribution in [-0.4, -0.2) is 0 Å². The molecule has 0 amide bonds. The highest BCUT2D eigenvalue weighted by atomic mass is 15.5. The van der Waals surface area contributed by atoms with Crippen molar-refractivity contribution in [2.45, 2.75) is 5.66 Å². The van der Waals surface area contributed by atoms with E-state index in [0.29, 0.717) is 0 Å². The van der Waals surface area contributed by atoms with Crippen molar-refractivity contribution in [1.29, 1.82) is 0 Å². The first kappa shape index (κ1) is 33.7. The summed E-state index contributed by atoms with van der Waals surface area (Å²) in [6.07, 6.45) is 0. The van der Waals surface area contributed by atoms with Crippen molar-refractivity contribution in [2.75, 3.05) is 14.7 Å². The molecule has 3 heteroatoms. The molecule has 0 aromatic heterocycles. The predicted molar refractivity (Wildman–Crippen MR) is 242 cm³/mol. The SMILES string of the molecule is c1ccc(-c2ccc(N3c4ccc(-c5ccccc5)cc4C4(c5cc(-c6ccccc6)ccc53)N(c3ccccc3)c3ccccc3N4c3ccccc3)cc2)cc1. The summed E-state index contributed by atoms with van der Waals surface area (Å²) >= 11 is 0. The summed E-state index contributed by atoms with van der Waals surface area (Å²) < 4.78 is 0. The van der Waals surface area contributed by atoms with E-state index in [9.17, 15) is 0 Å². The first-order valence-electron chi connectivity index (χ1n) is 19.9. The van der Waals surface area contributed by atoms with Crippen LogP contribution in [0.1, 0.15) is 11.1 Å². The Labute approximate surface area is 340 Å². The minimum atomic E-state index is -0.868. The van der Waals surface area contributed by atoms with E-state index in [0.717, 1.165) is 50.9 Å². The van der Waals surface area contributed by atoms with Gasteiger partial charge in [-0.05, 0) is 106 Å². The maximum absolute atomic E-state index is 2.59. The van der Waals surface area contributed by atoms with Crippen molar-refractivity contribution >= 4 is 39.8 Å². The standard InChI is InChI=1S/C55H39N3/c1-6-18-40(19-7-1)43-30-34-46(35-31-43)56-51-36-32-44(41-20-8-2-9-21-41)38-49(51)55(50-39-45(33-37-52(50)56)42-22-10-3-11-23-42)57(47-24-12-4-13-25-47)53-28-16-17-29-54(53)58(55)48-26-14-5-15-27-48/h1-39H. The highest BCUT2D eigenvalue weighted by Gasteiger charge is 2.58. The van der Waals surface area contributed by atoms with Gasteiger partial charge in [0.15, 0.2) is 5.66 Å². The van der Waals surface area contributed by atoms with Gasteiger partial charge in [-0.1, -0.05) is 164 Å². The lowest BCUT2D eigenvalue weighted by molar-refractivity contribution is 0.554. The maximum Gasteiger partial charge on any atom is 0.179 e. The van der Waals surface area contributed by atoms with Crippen LogP contribution in [0.4, 0.5) is 39.8 Å². The minimum absolute atomic E-state index is 0.868. The third-order valence-electron chi connectivity index (χ3n) is 11.7. The quantitative estimate of drug-likeness (QED) is 0.168. The zero-order chi connectivity index (χ0) is 38.5. The molecular weight excluding hydrogens is 703 g/mol. The molecule has 11 rings (SSSR count). The molecule has 2 aliphatic rings. The molecule has 9 aromatic carbocycles. The van der Waals surface area contributed by atoms with E-state index in [1.165, 1.54) is 33.4 Å². The van der Waals surface area contributed by atoms with Crippen LogP contribution in [0, 0.1) is 0 Å². The number of hydrogen-bond acceptors (Lipinski definition) is 3. The molecule has 0 radical (unpaired) electrons. The Balaban J connectivity index is 1.28. The zero-order valence-electron chi connectivity index (χ0n) is 31.9. The molecule has 0 bridgehead atoms. The summed E-state index contributed by atoms with van der Waals surface area (Å²) in [4.78, 5) is 7.66. The molecule has 0 unspecified atom stereocenters. The van der Waals surface area contributed by atoms with Gasteiger partial charge in [0.1, 0.15) is 0 Å². The van der Waals surface area contributed by atoms with Gasteiger partial charge in [-0.15, -0.1) is 0 Å². The third-order valence-corrected chi connectivity index (χ3v) is 11.7. The Morgan fingerprint density at radius 2 is 0.569 bits per heavy atom. The molecule has 3 nitrogen and oxygen atoms in total. The number of fused-ring (bicyclic) bond motifs is 5. The summed E-state index contributed by atoms with van der Waals surface area (Å²) in [5.41, 5.74) is 16.4. The van der Waals surface area contributed by atoms with Crippen LogP contribution < -0.4 is 14.7 Å². The first-order valence-corrected chi connectivity index (χ1v) is 19.9. The normalized spacial score (nSPS) is 13.6. The van der Waals surface area contributed by atoms with Crippen molar-refractivity contribution in [3.05, 3.63) is 248 Å². The van der Waals surface area contributed by atoms with Crippen LogP contribution in [0.15, 0.2) is 237 Å². The van der Waals surface area contributed by atoms with Crippen LogP contribution in [0.2, 0.25) is 0 Å². The fraction of sp³-hybridized carbons (Fsp3) is 0.0182. The number of benzene rings is 9. The van der Waals surface area contributed by atoms with Gasteiger partial charge in [0.05, 0.1) is 22.7 Å². The van der Waals surface area contributed by atoms with Crippen molar-refractivity contribution < 1.29 is 0 Å². The molecule has 274 valence electrons. The average molecular weight is 742 g/mol. The van der Waals surface area contributed by atoms with E-state index < -0.39 is 5.66 Å². The zero-order valence-corrected chi connectivity index (χ0v) is 31.9. The lowest BCUT2D eigenvalue weighted by Gasteiger charge is -2.52. The Bertz CT molecular complexity index is 2720. The van der Waals surface area contributed by atoms with E-state index in [1.807, 2.05) is 0 Å². The molecule has 0 saturated heterocycles. The van der Waals surface area contributed by atoms with Gasteiger partial charge < -0.3 is 14.7 Å². The van der Waals surface area contributed by atoms with Gasteiger partial charge in [-0.25, -0.2) is 0 Å². The van der Waals surface area contributed by atoms with Gasteiger partial charge in [-0.2, -0.15) is 0 Å². The highest BCUT2D eigenvalue weighted by Crippen LogP contribution is 2.65. The third kappa shape index (κ3) is 5.28. The Morgan fingerprint density at radius 1 is 0.241 bits per heavy atom. The van der Waals surface area contributed by atoms with Crippen molar-refractivity contribution in [1.82, 2.24) is 0 Å². The lowest BCUT2D eigenvalue weighted by atomic mass is 9.79. The molecule has 1 spiro atoms. The second-order valence-electron chi connectivity index (χ2n) is 14.9. The largest absolute Gasteiger partial charge is 0.310 e. The summed E-state index contributed by atoms with van der Waals surface area (Å²) in [5, 5.41) is 0. The van der Waals surface area contributed by atoms with Crippen LogP contribution in [-0.2, 0) is 5.66 Å². The minimum Gasteiger partial charge on any atom is -0.310 e. The first-order chi connectivity index (χ1) is 28.8. The van der Waals surface area contributed by atoms with Crippen LogP contribution >= 0.6 is 0 Å². The van der Waals surface area contributed by atoms with Crippen LogP contribution in [0.25, 0.3) is 33.4 Å². The lowest BCUT2D eigenvalue weighted by Crippen LogP contribution is -2.54. The topological polar surface area (TPSA) is 9.72 Å². The van der Waals surface area contributed by atoms with Crippen LogP contribution in [0.5, 0.6) is 0 Å². The van der Waals surface area contributed by atoms with E-state index >= 15 is 0 Å². The fourth-order valence-corrected chi connectivity index (χ4v) is 9.21. The number of hydrogen-bond donors (Lipinski definition) is 0. The number of nitrogens with zero attached hydrogens (tertiary/aromatic N) is 3. The molecule has 0 saturated carbocycles. The van der Waals surface area contributed by atoms with Gasteiger partial charge in [0.25, 0.3) is 0 Å². The number of rotatable bonds is 6. The predicted octanol–water partition coefficient (Wildman–Crippen LogP) is 14.7. The van der Waals surface area contributed by atoms with Crippen molar-refractivity contribution in [2.24, 2.45) is 0 Å². The fourth-order valence-electron chi connectivity index (χ4n) is 9.21. The van der Waals surface area contributed by atoms with E-state index in [-0.39, 0.29) is 0 Å². The maximum atomic E-state index is 2.59. The summed E-state index contributed by atoms with van der Waals surface area (Å²) in [5.74, 6) is 0. The van der Waals surface area contributed by atoms with Crippen molar-refractivity contribution in [3.8, 4) is 33.4 Å². The van der Waals surface area contributed by atoms with E-state index in [4.69, 9.17) is 0 Å². The highest BCUT2D eigenvalue weighted by molar-refractivity contribution is 6.00. The monoisotopic (exact) mass is 741 g/mol. The molecule has 0 atom stereocenters. The Kier molecular flexibility index (Phi) is 8.04. The second kappa shape index (κ2) is 13.8. The van der Waals surface area contributed by atoms with Gasteiger partial charge in [-0.3, -0.25) is 0 Å². The molecular formula is C55H39N3. The number of anilines is 7. The van der Waals surface area contributed by atoms with Gasteiger partial charge in [0.2, 0.25) is 0 Å². The smallest absolute Gasteiger partial charge is 0.179 e. The summed E-state index contributed by atoms with van der Waals surface area (Å²) in [6, 6.07) is 86.2. The molecule has 2 aliphatic heterocycles. The number of para-hydroxylation sites is 4. The van der Waals surface area contributed by atoms with Gasteiger partial charge in [0, 0.05) is 28.2 Å². The molecule has 58 heavy (non-hydrogen) atoms. The average Bonchev–Trinajstić information content (AvgIpc) is 3.62. The Hall–Kier alpha value is -7.62. The Morgan fingerprint density at radius 3 is 0.983 bits per heavy atom. The molecule has 0 fully saturated rings. The molecule has 9 aromatic rings. The van der Waals surface area contributed by atoms with Gasteiger partial charge >= 0.3 is 0 Å². The summed E-state index contributed by atoms with van der Waals surface area (Å²) in [7, 11) is 0. The summed E-state index contributed by atoms with van der Waals surface area (Å²) in [6.45, 7) is 0. The molecule has 0 aliphatic carbocycles. The van der Waals surface area contributed by atoms with Crippen molar-refractivity contribution in [3.63, 3.8) is 0 Å².